The first-order valence-electron chi connectivity index (χ1n) is 7.90. The van der Waals surface area contributed by atoms with Gasteiger partial charge in [0.1, 0.15) is 0 Å². The molecular formula is C15H29N3O3. The van der Waals surface area contributed by atoms with Crippen molar-refractivity contribution in [2.45, 2.75) is 77.9 Å². The SMILES string of the molecule is CC(C)N(CCCC(=O)O)C(=O)NN1C(C)CCCC1C. The lowest BCUT2D eigenvalue weighted by Crippen LogP contribution is -2.58. The molecule has 6 nitrogen and oxygen atoms in total. The number of carbonyl (C=O) groups excluding carboxylic acids is 1. The van der Waals surface area contributed by atoms with Crippen molar-refractivity contribution in [2.75, 3.05) is 6.54 Å². The standard InChI is InChI=1S/C15H29N3O3/c1-11(2)17(10-6-9-14(19)20)15(21)16-18-12(3)7-5-8-13(18)4/h11-13H,5-10H2,1-4H3,(H,16,21)(H,19,20). The molecule has 0 aromatic heterocycles. The second kappa shape index (κ2) is 8.22. The molecule has 0 aromatic carbocycles. The van der Waals surface area contributed by atoms with Crippen molar-refractivity contribution in [1.29, 1.82) is 0 Å². The van der Waals surface area contributed by atoms with Gasteiger partial charge in [-0.15, -0.1) is 0 Å². The Morgan fingerprint density at radius 1 is 1.29 bits per heavy atom. The monoisotopic (exact) mass is 299 g/mol. The molecule has 2 unspecified atom stereocenters. The van der Waals surface area contributed by atoms with Crippen molar-refractivity contribution in [3.8, 4) is 0 Å². The fraction of sp³-hybridized carbons (Fsp3) is 0.867. The van der Waals surface area contributed by atoms with Gasteiger partial charge in [0.2, 0.25) is 0 Å². The smallest absolute Gasteiger partial charge is 0.332 e. The molecule has 6 heteroatoms. The van der Waals surface area contributed by atoms with Crippen molar-refractivity contribution in [3.05, 3.63) is 0 Å². The Bertz CT molecular complexity index is 350. The number of urea groups is 1. The molecule has 1 aliphatic heterocycles. The molecule has 2 amide bonds. The second-order valence-electron chi connectivity index (χ2n) is 6.24. The first-order valence-corrected chi connectivity index (χ1v) is 7.90. The van der Waals surface area contributed by atoms with E-state index in [2.05, 4.69) is 19.3 Å². The molecule has 0 saturated carbocycles. The highest BCUT2D eigenvalue weighted by Crippen LogP contribution is 2.20. The predicted octanol–water partition coefficient (Wildman–Crippen LogP) is 2.45. The first-order chi connectivity index (χ1) is 9.82. The van der Waals surface area contributed by atoms with E-state index in [0.29, 0.717) is 25.0 Å². The van der Waals surface area contributed by atoms with Crippen LogP contribution in [0.25, 0.3) is 0 Å². The fourth-order valence-electron chi connectivity index (χ4n) is 2.81. The number of carbonyl (C=O) groups is 2. The lowest BCUT2D eigenvalue weighted by molar-refractivity contribution is -0.137. The van der Waals surface area contributed by atoms with E-state index in [-0.39, 0.29) is 18.5 Å². The predicted molar refractivity (Wildman–Crippen MR) is 81.9 cm³/mol. The second-order valence-corrected chi connectivity index (χ2v) is 6.24. The summed E-state index contributed by atoms with van der Waals surface area (Å²) in [5.74, 6) is -0.822. The van der Waals surface area contributed by atoms with E-state index in [0.717, 1.165) is 12.8 Å². The number of hydrogen-bond acceptors (Lipinski definition) is 3. The average molecular weight is 299 g/mol. The summed E-state index contributed by atoms with van der Waals surface area (Å²) < 4.78 is 0. The third-order valence-corrected chi connectivity index (χ3v) is 4.09. The van der Waals surface area contributed by atoms with Crippen molar-refractivity contribution >= 4 is 12.0 Å². The van der Waals surface area contributed by atoms with E-state index in [1.807, 2.05) is 18.9 Å². The molecule has 0 spiro atoms. The van der Waals surface area contributed by atoms with Crippen molar-refractivity contribution in [2.24, 2.45) is 0 Å². The first kappa shape index (κ1) is 17.8. The van der Waals surface area contributed by atoms with E-state index in [4.69, 9.17) is 5.11 Å². The number of hydrogen-bond donors (Lipinski definition) is 2. The van der Waals surface area contributed by atoms with Gasteiger partial charge in [-0.2, -0.15) is 0 Å². The van der Waals surface area contributed by atoms with Crippen LogP contribution in [0, 0.1) is 0 Å². The van der Waals surface area contributed by atoms with Gasteiger partial charge >= 0.3 is 12.0 Å². The Morgan fingerprint density at radius 2 is 1.86 bits per heavy atom. The molecule has 0 aromatic rings. The normalized spacial score (nSPS) is 23.1. The van der Waals surface area contributed by atoms with Gasteiger partial charge in [0.25, 0.3) is 0 Å². The summed E-state index contributed by atoms with van der Waals surface area (Å²) in [6, 6.07) is 0.599. The minimum atomic E-state index is -0.822. The number of hydrazine groups is 1. The molecule has 122 valence electrons. The number of carboxylic acid groups (broad SMARTS) is 1. The van der Waals surface area contributed by atoms with Crippen LogP contribution in [0.3, 0.4) is 0 Å². The topological polar surface area (TPSA) is 72.9 Å². The maximum atomic E-state index is 12.4. The number of carboxylic acids is 1. The summed E-state index contributed by atoms with van der Waals surface area (Å²) in [6.07, 6.45) is 3.94. The molecule has 1 rings (SSSR count). The largest absolute Gasteiger partial charge is 0.481 e. The molecule has 0 bridgehead atoms. The highest BCUT2D eigenvalue weighted by Gasteiger charge is 2.28. The van der Waals surface area contributed by atoms with Crippen molar-refractivity contribution < 1.29 is 14.7 Å². The fourth-order valence-corrected chi connectivity index (χ4v) is 2.81. The molecule has 0 aliphatic carbocycles. The zero-order chi connectivity index (χ0) is 16.0. The Balaban J connectivity index is 2.57. The third-order valence-electron chi connectivity index (χ3n) is 4.09. The molecule has 1 aliphatic rings. The van der Waals surface area contributed by atoms with Crippen LogP contribution < -0.4 is 5.43 Å². The van der Waals surface area contributed by atoms with Crippen LogP contribution in [-0.4, -0.2) is 51.7 Å². The Morgan fingerprint density at radius 3 is 2.33 bits per heavy atom. The number of nitrogens with zero attached hydrogens (tertiary/aromatic N) is 2. The Kier molecular flexibility index (Phi) is 6.95. The number of nitrogens with one attached hydrogen (secondary N) is 1. The molecule has 2 N–H and O–H groups in total. The maximum Gasteiger partial charge on any atom is 0.332 e. The third kappa shape index (κ3) is 5.53. The molecular weight excluding hydrogens is 270 g/mol. The van der Waals surface area contributed by atoms with Crippen LogP contribution in [-0.2, 0) is 4.79 Å². The summed E-state index contributed by atoms with van der Waals surface area (Å²) >= 11 is 0. The summed E-state index contributed by atoms with van der Waals surface area (Å²) in [4.78, 5) is 24.7. The zero-order valence-electron chi connectivity index (χ0n) is 13.6. The summed E-state index contributed by atoms with van der Waals surface area (Å²) in [7, 11) is 0. The molecule has 1 fully saturated rings. The van der Waals surface area contributed by atoms with E-state index in [1.165, 1.54) is 6.42 Å². The minimum absolute atomic E-state index is 0.0502. The van der Waals surface area contributed by atoms with Gasteiger partial charge in [-0.05, 0) is 47.0 Å². The Hall–Kier alpha value is -1.30. The van der Waals surface area contributed by atoms with E-state index in [9.17, 15) is 9.59 Å². The van der Waals surface area contributed by atoms with Gasteiger partial charge in [0.05, 0.1) is 0 Å². The van der Waals surface area contributed by atoms with E-state index >= 15 is 0 Å². The molecule has 21 heavy (non-hydrogen) atoms. The maximum absolute atomic E-state index is 12.4. The van der Waals surface area contributed by atoms with Crippen LogP contribution in [0.1, 0.15) is 59.8 Å². The summed E-state index contributed by atoms with van der Waals surface area (Å²) in [6.45, 7) is 8.61. The number of piperidine rings is 1. The number of rotatable bonds is 6. The quantitative estimate of drug-likeness (QED) is 0.790. The summed E-state index contributed by atoms with van der Waals surface area (Å²) in [5.41, 5.74) is 3.01. The van der Waals surface area contributed by atoms with Crippen molar-refractivity contribution in [3.63, 3.8) is 0 Å². The summed E-state index contributed by atoms with van der Waals surface area (Å²) in [5, 5.41) is 10.7. The van der Waals surface area contributed by atoms with Crippen LogP contribution in [0.2, 0.25) is 0 Å². The van der Waals surface area contributed by atoms with Crippen LogP contribution in [0.15, 0.2) is 0 Å². The van der Waals surface area contributed by atoms with Gasteiger partial charge in [0, 0.05) is 31.1 Å². The van der Waals surface area contributed by atoms with Gasteiger partial charge in [-0.1, -0.05) is 6.42 Å². The zero-order valence-corrected chi connectivity index (χ0v) is 13.6. The van der Waals surface area contributed by atoms with Gasteiger partial charge in [-0.3, -0.25) is 10.2 Å². The lowest BCUT2D eigenvalue weighted by atomic mass is 10.00. The highest BCUT2D eigenvalue weighted by molar-refractivity contribution is 5.74. The number of amides is 2. The van der Waals surface area contributed by atoms with Crippen LogP contribution in [0.4, 0.5) is 4.79 Å². The average Bonchev–Trinajstić information content (AvgIpc) is 2.38. The van der Waals surface area contributed by atoms with E-state index < -0.39 is 5.97 Å². The van der Waals surface area contributed by atoms with Gasteiger partial charge in [0.15, 0.2) is 0 Å². The molecule has 2 atom stereocenters. The number of aliphatic carboxylic acids is 1. The van der Waals surface area contributed by atoms with Crippen LogP contribution in [0.5, 0.6) is 0 Å². The van der Waals surface area contributed by atoms with Crippen LogP contribution >= 0.6 is 0 Å². The molecule has 1 heterocycles. The lowest BCUT2D eigenvalue weighted by Gasteiger charge is -2.40. The van der Waals surface area contributed by atoms with Gasteiger partial charge in [-0.25, -0.2) is 9.80 Å². The minimum Gasteiger partial charge on any atom is -0.481 e. The van der Waals surface area contributed by atoms with Crippen molar-refractivity contribution in [1.82, 2.24) is 15.3 Å². The molecule has 0 radical (unpaired) electrons. The highest BCUT2D eigenvalue weighted by atomic mass is 16.4. The van der Waals surface area contributed by atoms with E-state index in [1.54, 1.807) is 4.90 Å². The Labute approximate surface area is 127 Å². The van der Waals surface area contributed by atoms with Gasteiger partial charge < -0.3 is 10.0 Å². The molecule has 1 saturated heterocycles.